The van der Waals surface area contributed by atoms with Gasteiger partial charge in [0.1, 0.15) is 0 Å². The molecule has 0 heteroatoms. The molecule has 1 spiro atoms. The molecular formula is C18H18-2. The summed E-state index contributed by atoms with van der Waals surface area (Å²) >= 11 is 0. The molecule has 0 aromatic carbocycles. The molecule has 92 valence electrons. The van der Waals surface area contributed by atoms with Gasteiger partial charge in [-0.25, -0.2) is 0 Å². The topological polar surface area (TPSA) is 0 Å². The number of fused-ring (bicyclic) bond motifs is 4. The van der Waals surface area contributed by atoms with Crippen LogP contribution in [0.5, 0.6) is 0 Å². The van der Waals surface area contributed by atoms with Crippen molar-refractivity contribution >= 4 is 0 Å². The minimum Gasteiger partial charge on any atom is -0.315 e. The van der Waals surface area contributed by atoms with Crippen molar-refractivity contribution in [1.82, 2.24) is 0 Å². The molecule has 0 heterocycles. The molecule has 0 radical (unpaired) electrons. The van der Waals surface area contributed by atoms with Crippen LogP contribution >= 0.6 is 0 Å². The van der Waals surface area contributed by atoms with E-state index >= 15 is 0 Å². The summed E-state index contributed by atoms with van der Waals surface area (Å²) in [7, 11) is 0. The van der Waals surface area contributed by atoms with Crippen LogP contribution in [0.25, 0.3) is 0 Å². The smallest absolute Gasteiger partial charge is 0.0432 e. The molecule has 0 aliphatic heterocycles. The van der Waals surface area contributed by atoms with Crippen LogP contribution in [0.4, 0.5) is 0 Å². The maximum atomic E-state index is 2.71. The molecule has 0 nitrogen and oxygen atoms in total. The maximum Gasteiger partial charge on any atom is -0.0432 e. The summed E-state index contributed by atoms with van der Waals surface area (Å²) in [4.78, 5) is 0. The Balaban J connectivity index is 1.57. The largest absolute Gasteiger partial charge is 0.315 e. The van der Waals surface area contributed by atoms with E-state index in [2.05, 4.69) is 55.4 Å². The number of hydrogen-bond donors (Lipinski definition) is 0. The van der Waals surface area contributed by atoms with Crippen molar-refractivity contribution in [2.75, 3.05) is 0 Å². The fourth-order valence-corrected chi connectivity index (χ4v) is 5.21. The molecular weight excluding hydrogens is 216 g/mol. The van der Waals surface area contributed by atoms with E-state index < -0.39 is 0 Å². The first kappa shape index (κ1) is 9.72. The van der Waals surface area contributed by atoms with Crippen molar-refractivity contribution in [1.29, 1.82) is 0 Å². The van der Waals surface area contributed by atoms with Crippen LogP contribution in [0.15, 0.2) is 48.1 Å². The fraction of sp³-hybridized carbons (Fsp3) is 0.444. The quantitative estimate of drug-likeness (QED) is 0.557. The number of allylic oxidation sites excluding steroid dienone is 8. The summed E-state index contributed by atoms with van der Waals surface area (Å²) in [6, 6.07) is 0. The molecule has 0 saturated heterocycles. The first-order chi connectivity index (χ1) is 8.88. The second-order valence-corrected chi connectivity index (χ2v) is 6.65. The van der Waals surface area contributed by atoms with Crippen molar-refractivity contribution in [2.24, 2.45) is 35.0 Å². The van der Waals surface area contributed by atoms with Gasteiger partial charge in [-0.2, -0.15) is 35.6 Å². The highest BCUT2D eigenvalue weighted by atomic mass is 14.7. The Bertz CT molecular complexity index is 518. The van der Waals surface area contributed by atoms with Crippen LogP contribution in [-0.4, -0.2) is 0 Å². The van der Waals surface area contributed by atoms with E-state index in [0.29, 0.717) is 5.41 Å². The van der Waals surface area contributed by atoms with E-state index in [1.54, 1.807) is 5.57 Å². The SMILES string of the molecule is C1=CC2[CH-]C34CC3C3=C[CH-]C=CC3CC4C2C=C1. The van der Waals surface area contributed by atoms with E-state index in [9.17, 15) is 0 Å². The molecule has 18 heavy (non-hydrogen) atoms. The van der Waals surface area contributed by atoms with Gasteiger partial charge < -0.3 is 6.42 Å². The molecule has 0 aromatic heterocycles. The Morgan fingerprint density at radius 3 is 3.11 bits per heavy atom. The normalized spacial score (nSPS) is 53.8. The van der Waals surface area contributed by atoms with Crippen molar-refractivity contribution in [3.8, 4) is 0 Å². The van der Waals surface area contributed by atoms with Crippen molar-refractivity contribution < 1.29 is 0 Å². The summed E-state index contributed by atoms with van der Waals surface area (Å²) in [5, 5.41) is 0. The average molecular weight is 234 g/mol. The summed E-state index contributed by atoms with van der Waals surface area (Å²) < 4.78 is 0. The highest BCUT2D eigenvalue weighted by molar-refractivity contribution is 5.44. The highest BCUT2D eigenvalue weighted by Crippen LogP contribution is 2.76. The second kappa shape index (κ2) is 3.04. The standard InChI is InChI=1S/C18H18/c1-3-7-14-12(5-1)9-16-15-8-4-2-6-13(15)10-18(16)11-17(14)18/h1-8,10,12-13,15-17H,9,11H2/q-2. The molecule has 0 aromatic rings. The first-order valence-corrected chi connectivity index (χ1v) is 7.31. The molecule has 6 unspecified atom stereocenters. The van der Waals surface area contributed by atoms with Gasteiger partial charge in [0.25, 0.3) is 0 Å². The van der Waals surface area contributed by atoms with Gasteiger partial charge in [0.2, 0.25) is 0 Å². The Labute approximate surface area is 109 Å². The molecule has 5 aliphatic carbocycles. The maximum absolute atomic E-state index is 2.71. The molecule has 5 rings (SSSR count). The summed E-state index contributed by atoms with van der Waals surface area (Å²) in [5.74, 6) is 4.03. The Hall–Kier alpha value is -1.17. The second-order valence-electron chi connectivity index (χ2n) is 6.65. The lowest BCUT2D eigenvalue weighted by atomic mass is 9.68. The number of hydrogen-bond acceptors (Lipinski definition) is 0. The molecule has 3 fully saturated rings. The Morgan fingerprint density at radius 2 is 2.11 bits per heavy atom. The van der Waals surface area contributed by atoms with Crippen LogP contribution in [0.3, 0.4) is 0 Å². The summed E-state index contributed by atoms with van der Waals surface area (Å²) in [5.41, 5.74) is 2.31. The zero-order chi connectivity index (χ0) is 11.7. The molecule has 0 bridgehead atoms. The highest BCUT2D eigenvalue weighted by Gasteiger charge is 2.59. The van der Waals surface area contributed by atoms with Crippen molar-refractivity contribution in [2.45, 2.75) is 12.8 Å². The third-order valence-corrected chi connectivity index (χ3v) is 6.01. The monoisotopic (exact) mass is 234 g/mol. The first-order valence-electron chi connectivity index (χ1n) is 7.31. The predicted molar refractivity (Wildman–Crippen MR) is 73.2 cm³/mol. The van der Waals surface area contributed by atoms with Crippen molar-refractivity contribution in [3.05, 3.63) is 60.9 Å². The lowest BCUT2D eigenvalue weighted by Gasteiger charge is -2.44. The van der Waals surface area contributed by atoms with Crippen LogP contribution in [0.1, 0.15) is 12.8 Å². The Kier molecular flexibility index (Phi) is 1.64. The molecule has 0 N–H and O–H groups in total. The van der Waals surface area contributed by atoms with Crippen LogP contribution in [-0.2, 0) is 0 Å². The van der Waals surface area contributed by atoms with E-state index in [4.69, 9.17) is 0 Å². The van der Waals surface area contributed by atoms with E-state index in [-0.39, 0.29) is 0 Å². The van der Waals surface area contributed by atoms with E-state index in [0.717, 1.165) is 29.6 Å². The zero-order valence-electron chi connectivity index (χ0n) is 10.5. The van der Waals surface area contributed by atoms with Gasteiger partial charge in [0.15, 0.2) is 0 Å². The Morgan fingerprint density at radius 1 is 1.17 bits per heavy atom. The lowest BCUT2D eigenvalue weighted by Crippen LogP contribution is -2.28. The summed E-state index contributed by atoms with van der Waals surface area (Å²) in [6.45, 7) is 0. The van der Waals surface area contributed by atoms with Gasteiger partial charge in [-0.1, -0.05) is 48.8 Å². The van der Waals surface area contributed by atoms with Crippen LogP contribution < -0.4 is 0 Å². The van der Waals surface area contributed by atoms with Gasteiger partial charge in [-0.3, -0.25) is 0 Å². The van der Waals surface area contributed by atoms with Gasteiger partial charge in [0.05, 0.1) is 0 Å². The third-order valence-electron chi connectivity index (χ3n) is 6.01. The fourth-order valence-electron chi connectivity index (χ4n) is 5.21. The van der Waals surface area contributed by atoms with Crippen molar-refractivity contribution in [3.63, 3.8) is 0 Å². The summed E-state index contributed by atoms with van der Waals surface area (Å²) in [6.07, 6.45) is 24.2. The molecule has 0 amide bonds. The molecule has 5 aliphatic rings. The predicted octanol–water partition coefficient (Wildman–Crippen LogP) is 3.91. The average Bonchev–Trinajstić information content (AvgIpc) is 3.05. The molecule has 6 atom stereocenters. The van der Waals surface area contributed by atoms with E-state index in [1.807, 2.05) is 0 Å². The van der Waals surface area contributed by atoms with Gasteiger partial charge in [-0.05, 0) is 5.92 Å². The number of rotatable bonds is 0. The molecule has 3 saturated carbocycles. The van der Waals surface area contributed by atoms with Crippen LogP contribution in [0, 0.1) is 47.8 Å². The van der Waals surface area contributed by atoms with Gasteiger partial charge in [0, 0.05) is 0 Å². The van der Waals surface area contributed by atoms with Gasteiger partial charge in [-0.15, -0.1) is 12.0 Å². The minimum absolute atomic E-state index is 0.579. The third kappa shape index (κ3) is 1.02. The zero-order valence-corrected chi connectivity index (χ0v) is 10.5. The van der Waals surface area contributed by atoms with E-state index in [1.165, 1.54) is 12.8 Å². The minimum atomic E-state index is 0.579. The lowest BCUT2D eigenvalue weighted by molar-refractivity contribution is 0.248. The van der Waals surface area contributed by atoms with Crippen LogP contribution in [0.2, 0.25) is 0 Å². The van der Waals surface area contributed by atoms with Gasteiger partial charge >= 0.3 is 0 Å².